The van der Waals surface area contributed by atoms with Gasteiger partial charge in [0.2, 0.25) is 10.0 Å². The molecule has 3 aromatic rings. The molecule has 0 N–H and O–H groups in total. The maximum absolute atomic E-state index is 14.4. The summed E-state index contributed by atoms with van der Waals surface area (Å²) in [5.41, 5.74) is 8.73. The smallest absolute Gasteiger partial charge is 0.207 e. The lowest BCUT2D eigenvalue weighted by atomic mass is 9.63. The molecule has 3 nitrogen and oxygen atoms in total. The highest BCUT2D eigenvalue weighted by Crippen LogP contribution is 2.56. The normalized spacial score (nSPS) is 24.1. The van der Waals surface area contributed by atoms with Crippen LogP contribution in [-0.4, -0.2) is 25.3 Å². The van der Waals surface area contributed by atoms with E-state index in [9.17, 15) is 8.42 Å². The first-order valence-corrected chi connectivity index (χ1v) is 14.4. The topological polar surface area (TPSA) is 37.4 Å². The minimum absolute atomic E-state index is 0.0613. The van der Waals surface area contributed by atoms with E-state index in [1.165, 1.54) is 22.3 Å². The summed E-state index contributed by atoms with van der Waals surface area (Å²) >= 11 is 0. The lowest BCUT2D eigenvalue weighted by molar-refractivity contribution is 0.285. The summed E-state index contributed by atoms with van der Waals surface area (Å²) in [4.78, 5) is 0.465. The molecule has 0 saturated carbocycles. The number of hydrogen-bond donors (Lipinski definition) is 0. The fourth-order valence-electron chi connectivity index (χ4n) is 7.08. The first kappa shape index (κ1) is 25.0. The number of sulfonamides is 1. The molecule has 0 radical (unpaired) electrons. The van der Waals surface area contributed by atoms with Gasteiger partial charge in [-0.25, -0.2) is 8.42 Å². The third kappa shape index (κ3) is 3.86. The van der Waals surface area contributed by atoms with Crippen LogP contribution in [-0.2, 0) is 10.0 Å². The van der Waals surface area contributed by atoms with E-state index in [1.807, 2.05) is 43.3 Å². The summed E-state index contributed by atoms with van der Waals surface area (Å²) in [6.07, 6.45) is 0. The third-order valence-electron chi connectivity index (χ3n) is 8.28. The van der Waals surface area contributed by atoms with E-state index >= 15 is 0 Å². The van der Waals surface area contributed by atoms with Gasteiger partial charge in [0.1, 0.15) is 0 Å². The van der Waals surface area contributed by atoms with Crippen molar-refractivity contribution in [1.82, 2.24) is 4.31 Å². The van der Waals surface area contributed by atoms with E-state index in [0.717, 1.165) is 22.3 Å². The van der Waals surface area contributed by atoms with Gasteiger partial charge in [0.25, 0.3) is 0 Å². The van der Waals surface area contributed by atoms with Crippen molar-refractivity contribution in [3.05, 3.63) is 106 Å². The summed E-state index contributed by atoms with van der Waals surface area (Å²) < 4.78 is 30.7. The van der Waals surface area contributed by atoms with Gasteiger partial charge in [0.15, 0.2) is 0 Å². The highest BCUT2D eigenvalue weighted by atomic mass is 32.2. The fourth-order valence-corrected chi connectivity index (χ4v) is 9.31. The fraction of sp³-hybridized carbons (Fsp3) is 0.375. The van der Waals surface area contributed by atoms with Crippen LogP contribution in [0.4, 0.5) is 0 Å². The monoisotopic (exact) mass is 499 g/mol. The van der Waals surface area contributed by atoms with Crippen LogP contribution >= 0.6 is 0 Å². The Hall–Kier alpha value is -2.69. The van der Waals surface area contributed by atoms with Crippen molar-refractivity contribution in [3.8, 4) is 0 Å². The predicted molar refractivity (Wildman–Crippen MR) is 149 cm³/mol. The van der Waals surface area contributed by atoms with Gasteiger partial charge in [-0.3, -0.25) is 0 Å². The molecule has 0 amide bonds. The molecule has 4 heteroatoms. The first-order chi connectivity index (χ1) is 17.0. The van der Waals surface area contributed by atoms with Gasteiger partial charge < -0.3 is 0 Å². The zero-order chi connectivity index (χ0) is 25.9. The molecular formula is C32H37NO2S. The van der Waals surface area contributed by atoms with E-state index in [4.69, 9.17) is 0 Å². The summed E-state index contributed by atoms with van der Waals surface area (Å²) in [5.74, 6) is 0.466. The Kier molecular flexibility index (Phi) is 6.25. The second-order valence-electron chi connectivity index (χ2n) is 11.2. The molecule has 0 bridgehead atoms. The Morgan fingerprint density at radius 2 is 1.53 bits per heavy atom. The first-order valence-electron chi connectivity index (χ1n) is 13.0. The Balaban J connectivity index is 1.71. The molecule has 0 spiro atoms. The standard InChI is InChI=1S/C32H37NO2S/c1-19(2)31-29-24(7)26-14-13-20(3)17-27(26)30(25-11-9-8-10-12-25)28(29)18-33(31)36(34,35)32-22(5)15-21(4)16-23(32)6/h8-17,19,28-31H,7,18H2,1-6H3/t28-,29+,30-,31-/m0/s1. The summed E-state index contributed by atoms with van der Waals surface area (Å²) in [6.45, 7) is 17.4. The minimum atomic E-state index is -3.70. The van der Waals surface area contributed by atoms with Gasteiger partial charge in [-0.1, -0.05) is 92.2 Å². The minimum Gasteiger partial charge on any atom is -0.207 e. The molecule has 1 aliphatic heterocycles. The van der Waals surface area contributed by atoms with Crippen LogP contribution in [0.5, 0.6) is 0 Å². The second kappa shape index (κ2) is 9.00. The average molecular weight is 500 g/mol. The average Bonchev–Trinajstić information content (AvgIpc) is 3.21. The molecule has 2 aliphatic rings. The van der Waals surface area contributed by atoms with Gasteiger partial charge in [-0.2, -0.15) is 4.31 Å². The number of benzene rings is 3. The van der Waals surface area contributed by atoms with E-state index in [1.54, 1.807) is 0 Å². The van der Waals surface area contributed by atoms with Crippen LogP contribution in [0.15, 0.2) is 72.1 Å². The SMILES string of the molecule is C=C1c2ccc(C)cc2[C@H](c2ccccc2)[C@H]2CN(S(=O)(=O)c3c(C)cc(C)cc3C)[C@@H](C(C)C)[C@H]12. The Labute approximate surface area is 216 Å². The molecule has 1 heterocycles. The number of nitrogens with zero attached hydrogens (tertiary/aromatic N) is 1. The van der Waals surface area contributed by atoms with Crippen molar-refractivity contribution < 1.29 is 8.42 Å². The highest BCUT2D eigenvalue weighted by molar-refractivity contribution is 7.89. The predicted octanol–water partition coefficient (Wildman–Crippen LogP) is 7.04. The Morgan fingerprint density at radius 1 is 0.889 bits per heavy atom. The van der Waals surface area contributed by atoms with E-state index in [2.05, 4.69) is 69.8 Å². The van der Waals surface area contributed by atoms with Crippen LogP contribution in [0.1, 0.15) is 58.7 Å². The van der Waals surface area contributed by atoms with Crippen molar-refractivity contribution in [2.45, 2.75) is 58.4 Å². The summed E-state index contributed by atoms with van der Waals surface area (Å²) in [5, 5.41) is 0. The third-order valence-corrected chi connectivity index (χ3v) is 10.5. The van der Waals surface area contributed by atoms with E-state index in [0.29, 0.717) is 11.4 Å². The lowest BCUT2D eigenvalue weighted by Crippen LogP contribution is -2.42. The van der Waals surface area contributed by atoms with Crippen molar-refractivity contribution >= 4 is 15.6 Å². The number of aryl methyl sites for hydroxylation is 4. The Bertz CT molecular complexity index is 1420. The zero-order valence-corrected chi connectivity index (χ0v) is 23.1. The van der Waals surface area contributed by atoms with Crippen LogP contribution in [0.2, 0.25) is 0 Å². The van der Waals surface area contributed by atoms with Crippen LogP contribution < -0.4 is 0 Å². The maximum atomic E-state index is 14.4. The molecule has 3 aromatic carbocycles. The number of rotatable bonds is 4. The van der Waals surface area contributed by atoms with E-state index < -0.39 is 10.0 Å². The molecule has 0 aromatic heterocycles. The number of fused-ring (bicyclic) bond motifs is 2. The molecule has 4 atom stereocenters. The van der Waals surface area contributed by atoms with Crippen LogP contribution in [0, 0.1) is 45.4 Å². The van der Waals surface area contributed by atoms with Gasteiger partial charge >= 0.3 is 0 Å². The van der Waals surface area contributed by atoms with Crippen molar-refractivity contribution in [2.24, 2.45) is 17.8 Å². The van der Waals surface area contributed by atoms with Crippen molar-refractivity contribution in [2.75, 3.05) is 6.54 Å². The van der Waals surface area contributed by atoms with Crippen molar-refractivity contribution in [1.29, 1.82) is 0 Å². The van der Waals surface area contributed by atoms with Crippen molar-refractivity contribution in [3.63, 3.8) is 0 Å². The van der Waals surface area contributed by atoms with Crippen LogP contribution in [0.3, 0.4) is 0 Å². The largest absolute Gasteiger partial charge is 0.243 e. The van der Waals surface area contributed by atoms with E-state index in [-0.39, 0.29) is 29.7 Å². The molecule has 0 unspecified atom stereocenters. The van der Waals surface area contributed by atoms with Crippen LogP contribution in [0.25, 0.3) is 5.57 Å². The Morgan fingerprint density at radius 3 is 2.14 bits per heavy atom. The second-order valence-corrected chi connectivity index (χ2v) is 13.1. The molecule has 5 rings (SSSR count). The molecule has 188 valence electrons. The molecular weight excluding hydrogens is 462 g/mol. The molecule has 1 aliphatic carbocycles. The number of hydrogen-bond acceptors (Lipinski definition) is 2. The van der Waals surface area contributed by atoms with Gasteiger partial charge in [-0.05, 0) is 72.9 Å². The zero-order valence-electron chi connectivity index (χ0n) is 22.2. The molecule has 36 heavy (non-hydrogen) atoms. The molecule has 1 saturated heterocycles. The lowest BCUT2D eigenvalue weighted by Gasteiger charge is -2.40. The van der Waals surface area contributed by atoms with Gasteiger partial charge in [-0.15, -0.1) is 0 Å². The quantitative estimate of drug-likeness (QED) is 0.386. The molecule has 1 fully saturated rings. The summed E-state index contributed by atoms with van der Waals surface area (Å²) in [6, 6.07) is 21.1. The van der Waals surface area contributed by atoms with Gasteiger partial charge in [0.05, 0.1) is 4.90 Å². The van der Waals surface area contributed by atoms with Gasteiger partial charge in [0, 0.05) is 24.4 Å². The highest BCUT2D eigenvalue weighted by Gasteiger charge is 2.54. The maximum Gasteiger partial charge on any atom is 0.243 e. The summed E-state index contributed by atoms with van der Waals surface area (Å²) in [7, 11) is -3.70.